The maximum absolute atomic E-state index is 14.1. The van der Waals surface area contributed by atoms with Crippen molar-refractivity contribution in [3.63, 3.8) is 0 Å². The minimum Gasteiger partial charge on any atom is -0.319 e. The SMILES string of the molecule is Fc1ccccc1C1c2ccccc2-c2nccn21. The molecule has 1 aromatic heterocycles. The molecule has 0 N–H and O–H groups in total. The molecule has 3 heteroatoms. The van der Waals surface area contributed by atoms with Crippen LogP contribution in [0.4, 0.5) is 4.39 Å². The Balaban J connectivity index is 2.02. The van der Waals surface area contributed by atoms with Gasteiger partial charge in [-0.1, -0.05) is 42.5 Å². The first-order valence-corrected chi connectivity index (χ1v) is 6.23. The molecule has 0 bridgehead atoms. The predicted octanol–water partition coefficient (Wildman–Crippen LogP) is 3.64. The lowest BCUT2D eigenvalue weighted by atomic mass is 9.97. The molecule has 3 aromatic rings. The number of benzene rings is 2. The first-order chi connectivity index (χ1) is 9.36. The maximum Gasteiger partial charge on any atom is 0.141 e. The van der Waals surface area contributed by atoms with Crippen molar-refractivity contribution in [3.05, 3.63) is 77.9 Å². The molecule has 0 fully saturated rings. The molecule has 0 saturated carbocycles. The van der Waals surface area contributed by atoms with Gasteiger partial charge in [-0.15, -0.1) is 0 Å². The van der Waals surface area contributed by atoms with Crippen LogP contribution in [0.3, 0.4) is 0 Å². The maximum atomic E-state index is 14.1. The molecule has 1 aliphatic heterocycles. The van der Waals surface area contributed by atoms with E-state index >= 15 is 0 Å². The molecular weight excluding hydrogens is 239 g/mol. The van der Waals surface area contributed by atoms with Gasteiger partial charge in [0.2, 0.25) is 0 Å². The third kappa shape index (κ3) is 1.38. The van der Waals surface area contributed by atoms with Crippen molar-refractivity contribution in [2.45, 2.75) is 6.04 Å². The average molecular weight is 250 g/mol. The number of nitrogens with zero attached hydrogens (tertiary/aromatic N) is 2. The molecule has 92 valence electrons. The van der Waals surface area contributed by atoms with Gasteiger partial charge in [0.25, 0.3) is 0 Å². The normalized spacial score (nSPS) is 16.2. The highest BCUT2D eigenvalue weighted by atomic mass is 19.1. The van der Waals surface area contributed by atoms with E-state index in [0.717, 1.165) is 17.0 Å². The van der Waals surface area contributed by atoms with Crippen LogP contribution in [0.25, 0.3) is 11.4 Å². The molecule has 2 aromatic carbocycles. The van der Waals surface area contributed by atoms with E-state index in [1.165, 1.54) is 6.07 Å². The van der Waals surface area contributed by atoms with Crippen LogP contribution in [0.15, 0.2) is 60.9 Å². The monoisotopic (exact) mass is 250 g/mol. The molecule has 0 aliphatic carbocycles. The van der Waals surface area contributed by atoms with Crippen LogP contribution in [-0.2, 0) is 0 Å². The lowest BCUT2D eigenvalue weighted by Crippen LogP contribution is -2.08. The number of fused-ring (bicyclic) bond motifs is 3. The van der Waals surface area contributed by atoms with Crippen LogP contribution >= 0.6 is 0 Å². The van der Waals surface area contributed by atoms with E-state index in [1.807, 2.05) is 47.2 Å². The molecule has 2 nitrogen and oxygen atoms in total. The van der Waals surface area contributed by atoms with Gasteiger partial charge in [-0.3, -0.25) is 0 Å². The molecule has 1 aliphatic rings. The van der Waals surface area contributed by atoms with Crippen molar-refractivity contribution in [2.75, 3.05) is 0 Å². The highest BCUT2D eigenvalue weighted by molar-refractivity contribution is 5.68. The summed E-state index contributed by atoms with van der Waals surface area (Å²) in [5.74, 6) is 0.729. The van der Waals surface area contributed by atoms with Crippen molar-refractivity contribution in [3.8, 4) is 11.4 Å². The van der Waals surface area contributed by atoms with Crippen LogP contribution in [0, 0.1) is 5.82 Å². The fraction of sp³-hybridized carbons (Fsp3) is 0.0625. The molecule has 1 unspecified atom stereocenters. The predicted molar refractivity (Wildman–Crippen MR) is 71.3 cm³/mol. The molecule has 2 heterocycles. The first-order valence-electron chi connectivity index (χ1n) is 6.23. The summed E-state index contributed by atoms with van der Waals surface area (Å²) in [6, 6.07) is 14.9. The van der Waals surface area contributed by atoms with Crippen molar-refractivity contribution in [1.82, 2.24) is 9.55 Å². The molecule has 0 saturated heterocycles. The van der Waals surface area contributed by atoms with Crippen LogP contribution in [0.1, 0.15) is 17.2 Å². The van der Waals surface area contributed by atoms with E-state index in [1.54, 1.807) is 12.3 Å². The van der Waals surface area contributed by atoms with E-state index < -0.39 is 0 Å². The Labute approximate surface area is 110 Å². The number of halogens is 1. The minimum atomic E-state index is -0.177. The Morgan fingerprint density at radius 3 is 2.53 bits per heavy atom. The van der Waals surface area contributed by atoms with E-state index in [9.17, 15) is 4.39 Å². The second-order valence-electron chi connectivity index (χ2n) is 4.67. The summed E-state index contributed by atoms with van der Waals surface area (Å²) in [7, 11) is 0. The number of aromatic nitrogens is 2. The van der Waals surface area contributed by atoms with Gasteiger partial charge < -0.3 is 4.57 Å². The Hall–Kier alpha value is -2.42. The van der Waals surface area contributed by atoms with E-state index in [4.69, 9.17) is 0 Å². The number of imidazole rings is 1. The molecule has 19 heavy (non-hydrogen) atoms. The minimum absolute atomic E-state index is 0.116. The van der Waals surface area contributed by atoms with E-state index in [0.29, 0.717) is 5.56 Å². The van der Waals surface area contributed by atoms with Gasteiger partial charge >= 0.3 is 0 Å². The van der Waals surface area contributed by atoms with Gasteiger partial charge in [-0.2, -0.15) is 0 Å². The summed E-state index contributed by atoms with van der Waals surface area (Å²) >= 11 is 0. The summed E-state index contributed by atoms with van der Waals surface area (Å²) in [5.41, 5.74) is 2.88. The van der Waals surface area contributed by atoms with Crippen LogP contribution < -0.4 is 0 Å². The van der Waals surface area contributed by atoms with Crippen molar-refractivity contribution >= 4 is 0 Å². The number of rotatable bonds is 1. The molecule has 0 spiro atoms. The first kappa shape index (κ1) is 10.5. The smallest absolute Gasteiger partial charge is 0.141 e. The van der Waals surface area contributed by atoms with Crippen LogP contribution in [0.2, 0.25) is 0 Å². The lowest BCUT2D eigenvalue weighted by Gasteiger charge is -2.15. The molecule has 0 radical (unpaired) electrons. The van der Waals surface area contributed by atoms with Gasteiger partial charge in [0.1, 0.15) is 11.6 Å². The van der Waals surface area contributed by atoms with E-state index in [2.05, 4.69) is 4.98 Å². The summed E-state index contributed by atoms with van der Waals surface area (Å²) in [4.78, 5) is 4.38. The van der Waals surface area contributed by atoms with Gasteiger partial charge in [0, 0.05) is 23.5 Å². The van der Waals surface area contributed by atoms with E-state index in [-0.39, 0.29) is 11.9 Å². The zero-order valence-electron chi connectivity index (χ0n) is 10.1. The van der Waals surface area contributed by atoms with Crippen LogP contribution in [0.5, 0.6) is 0 Å². The fourth-order valence-corrected chi connectivity index (χ4v) is 2.83. The largest absolute Gasteiger partial charge is 0.319 e. The summed E-state index contributed by atoms with van der Waals surface area (Å²) in [6.07, 6.45) is 3.67. The third-order valence-corrected chi connectivity index (χ3v) is 3.64. The Morgan fingerprint density at radius 1 is 0.947 bits per heavy atom. The number of hydrogen-bond donors (Lipinski definition) is 0. The molecule has 0 amide bonds. The highest BCUT2D eigenvalue weighted by Gasteiger charge is 2.31. The van der Waals surface area contributed by atoms with Gasteiger partial charge in [-0.25, -0.2) is 9.37 Å². The second kappa shape index (κ2) is 3.79. The summed E-state index contributed by atoms with van der Waals surface area (Å²) in [5, 5.41) is 0. The summed E-state index contributed by atoms with van der Waals surface area (Å²) < 4.78 is 16.1. The van der Waals surface area contributed by atoms with Crippen molar-refractivity contribution in [1.29, 1.82) is 0 Å². The zero-order valence-corrected chi connectivity index (χ0v) is 10.1. The lowest BCUT2D eigenvalue weighted by molar-refractivity contribution is 0.582. The van der Waals surface area contributed by atoms with Crippen molar-refractivity contribution < 1.29 is 4.39 Å². The molecule has 4 rings (SSSR count). The average Bonchev–Trinajstić information content (AvgIpc) is 3.00. The second-order valence-corrected chi connectivity index (χ2v) is 4.67. The van der Waals surface area contributed by atoms with Gasteiger partial charge in [-0.05, 0) is 11.6 Å². The fourth-order valence-electron chi connectivity index (χ4n) is 2.83. The third-order valence-electron chi connectivity index (χ3n) is 3.64. The number of hydrogen-bond acceptors (Lipinski definition) is 1. The standard InChI is InChI=1S/C16H11FN2/c17-14-8-4-3-7-13(14)15-11-5-1-2-6-12(11)16-18-9-10-19(15)16/h1-10,15H. The van der Waals surface area contributed by atoms with Crippen molar-refractivity contribution in [2.24, 2.45) is 0 Å². The zero-order chi connectivity index (χ0) is 12.8. The molecular formula is C16H11FN2. The Morgan fingerprint density at radius 2 is 1.68 bits per heavy atom. The summed E-state index contributed by atoms with van der Waals surface area (Å²) in [6.45, 7) is 0. The Kier molecular flexibility index (Phi) is 2.09. The van der Waals surface area contributed by atoms with Gasteiger partial charge in [0.05, 0.1) is 6.04 Å². The van der Waals surface area contributed by atoms with Gasteiger partial charge in [0.15, 0.2) is 0 Å². The topological polar surface area (TPSA) is 17.8 Å². The highest BCUT2D eigenvalue weighted by Crippen LogP contribution is 2.42. The quantitative estimate of drug-likeness (QED) is 0.504. The van der Waals surface area contributed by atoms with Crippen LogP contribution in [-0.4, -0.2) is 9.55 Å². The molecule has 1 atom stereocenters. The Bertz CT molecular complexity index is 761.